The fourth-order valence-corrected chi connectivity index (χ4v) is 2.32. The minimum atomic E-state index is -4.58. The van der Waals surface area contributed by atoms with E-state index in [1.807, 2.05) is 0 Å². The van der Waals surface area contributed by atoms with Gasteiger partial charge in [-0.25, -0.2) is 14.1 Å². The second-order valence-electron chi connectivity index (χ2n) is 5.45. The van der Waals surface area contributed by atoms with Gasteiger partial charge in [-0.05, 0) is 30.3 Å². The molecule has 0 radical (unpaired) electrons. The van der Waals surface area contributed by atoms with Crippen LogP contribution in [0.25, 0.3) is 5.69 Å². The molecule has 3 aromatic rings. The lowest BCUT2D eigenvalue weighted by molar-refractivity contribution is -0.137. The lowest BCUT2D eigenvalue weighted by atomic mass is 10.1. The van der Waals surface area contributed by atoms with Gasteiger partial charge in [0.25, 0.3) is 0 Å². The van der Waals surface area contributed by atoms with Gasteiger partial charge < -0.3 is 10.6 Å². The second-order valence-corrected chi connectivity index (χ2v) is 5.45. The first kappa shape index (κ1) is 18.4. The van der Waals surface area contributed by atoms with E-state index >= 15 is 0 Å². The predicted molar refractivity (Wildman–Crippen MR) is 89.9 cm³/mol. The first-order valence-corrected chi connectivity index (χ1v) is 7.69. The van der Waals surface area contributed by atoms with Gasteiger partial charge in [0.1, 0.15) is 18.5 Å². The van der Waals surface area contributed by atoms with Gasteiger partial charge in [0.15, 0.2) is 0 Å². The van der Waals surface area contributed by atoms with Gasteiger partial charge in [-0.3, -0.25) is 4.79 Å². The van der Waals surface area contributed by atoms with E-state index in [-0.39, 0.29) is 23.6 Å². The van der Waals surface area contributed by atoms with Crippen molar-refractivity contribution in [3.05, 3.63) is 66.5 Å². The summed E-state index contributed by atoms with van der Waals surface area (Å²) in [5, 5.41) is 8.84. The molecule has 27 heavy (non-hydrogen) atoms. The number of hydrogen-bond donors (Lipinski definition) is 2. The third-order valence-electron chi connectivity index (χ3n) is 3.58. The molecule has 0 unspecified atom stereocenters. The van der Waals surface area contributed by atoms with Gasteiger partial charge in [0.2, 0.25) is 5.91 Å². The lowest BCUT2D eigenvalue weighted by Gasteiger charge is -2.15. The van der Waals surface area contributed by atoms with Crippen LogP contribution in [0.2, 0.25) is 0 Å². The molecule has 6 nitrogen and oxygen atoms in total. The van der Waals surface area contributed by atoms with E-state index in [1.165, 1.54) is 41.6 Å². The Morgan fingerprint density at radius 3 is 2.56 bits per heavy atom. The molecule has 10 heteroatoms. The van der Waals surface area contributed by atoms with Crippen molar-refractivity contribution in [3.8, 4) is 5.69 Å². The molecule has 0 atom stereocenters. The van der Waals surface area contributed by atoms with Gasteiger partial charge in [0, 0.05) is 0 Å². The number of nitrogens with one attached hydrogen (secondary N) is 2. The first-order chi connectivity index (χ1) is 12.8. The maximum atomic E-state index is 13.6. The zero-order valence-electron chi connectivity index (χ0n) is 13.7. The molecule has 0 aliphatic carbocycles. The Labute approximate surface area is 150 Å². The van der Waals surface area contributed by atoms with Crippen LogP contribution in [0.5, 0.6) is 0 Å². The van der Waals surface area contributed by atoms with Gasteiger partial charge in [0.05, 0.1) is 29.2 Å². The number of benzene rings is 2. The molecule has 1 heterocycles. The number of hydrogen-bond acceptors (Lipinski definition) is 4. The minimum Gasteiger partial charge on any atom is -0.374 e. The van der Waals surface area contributed by atoms with E-state index in [0.717, 1.165) is 12.1 Å². The van der Waals surface area contributed by atoms with E-state index in [9.17, 15) is 22.4 Å². The monoisotopic (exact) mass is 379 g/mol. The van der Waals surface area contributed by atoms with Crippen molar-refractivity contribution >= 4 is 17.3 Å². The Bertz CT molecular complexity index is 941. The first-order valence-electron chi connectivity index (χ1n) is 7.69. The maximum absolute atomic E-state index is 13.6. The van der Waals surface area contributed by atoms with Gasteiger partial charge in [-0.1, -0.05) is 12.1 Å². The fourth-order valence-electron chi connectivity index (χ4n) is 2.32. The number of aromatic nitrogens is 3. The largest absolute Gasteiger partial charge is 0.416 e. The Balaban J connectivity index is 1.81. The standard InChI is InChI=1S/C17H13F4N5O/c18-12-3-1-2-4-13(12)23-8-16(27)25-14-7-11(17(19,20)21)5-6-15(14)26-10-22-9-24-26/h1-7,9-10,23H,8H2,(H,25,27). The molecule has 140 valence electrons. The summed E-state index contributed by atoms with van der Waals surface area (Å²) in [4.78, 5) is 15.9. The summed E-state index contributed by atoms with van der Waals surface area (Å²) < 4.78 is 53.8. The number of carbonyl (C=O) groups excluding carboxylic acids is 1. The number of halogens is 4. The predicted octanol–water partition coefficient (Wildman–Crippen LogP) is 3.48. The smallest absolute Gasteiger partial charge is 0.374 e. The van der Waals surface area contributed by atoms with Crippen LogP contribution < -0.4 is 10.6 Å². The van der Waals surface area contributed by atoms with E-state index in [2.05, 4.69) is 20.7 Å². The van der Waals surface area contributed by atoms with Crippen molar-refractivity contribution in [2.75, 3.05) is 17.2 Å². The summed E-state index contributed by atoms with van der Waals surface area (Å²) in [6.45, 7) is -0.339. The molecule has 1 aromatic heterocycles. The molecule has 0 spiro atoms. The van der Waals surface area contributed by atoms with Crippen LogP contribution in [0, 0.1) is 5.82 Å². The molecule has 0 aliphatic rings. The molecule has 0 aliphatic heterocycles. The van der Waals surface area contributed by atoms with Crippen molar-refractivity contribution in [1.82, 2.24) is 14.8 Å². The topological polar surface area (TPSA) is 71.8 Å². The molecule has 0 bridgehead atoms. The highest BCUT2D eigenvalue weighted by atomic mass is 19.4. The molecule has 0 saturated carbocycles. The summed E-state index contributed by atoms with van der Waals surface area (Å²) in [6, 6.07) is 8.59. The second kappa shape index (κ2) is 7.44. The molecule has 2 N–H and O–H groups in total. The van der Waals surface area contributed by atoms with Gasteiger partial charge in [-0.2, -0.15) is 18.3 Å². The number of rotatable bonds is 5. The van der Waals surface area contributed by atoms with E-state index < -0.39 is 23.5 Å². The van der Waals surface area contributed by atoms with E-state index in [1.54, 1.807) is 6.07 Å². The number of amides is 1. The molecule has 2 aromatic carbocycles. The molecule has 0 fully saturated rings. The summed E-state index contributed by atoms with van der Waals surface area (Å²) in [6.07, 6.45) is -2.08. The van der Waals surface area contributed by atoms with Crippen molar-refractivity contribution < 1.29 is 22.4 Å². The van der Waals surface area contributed by atoms with Crippen LogP contribution in [0.15, 0.2) is 55.1 Å². The Morgan fingerprint density at radius 1 is 1.11 bits per heavy atom. The van der Waals surface area contributed by atoms with Crippen LogP contribution >= 0.6 is 0 Å². The normalized spacial score (nSPS) is 11.3. The highest BCUT2D eigenvalue weighted by Gasteiger charge is 2.31. The highest BCUT2D eigenvalue weighted by molar-refractivity contribution is 5.95. The van der Waals surface area contributed by atoms with Crippen LogP contribution in [0.3, 0.4) is 0 Å². The van der Waals surface area contributed by atoms with Gasteiger partial charge in [-0.15, -0.1) is 0 Å². The summed E-state index contributed by atoms with van der Waals surface area (Å²) in [7, 11) is 0. The van der Waals surface area contributed by atoms with Crippen molar-refractivity contribution in [2.24, 2.45) is 0 Å². The summed E-state index contributed by atoms with van der Waals surface area (Å²) in [5.41, 5.74) is -0.715. The number of carbonyl (C=O) groups is 1. The maximum Gasteiger partial charge on any atom is 0.416 e. The number of nitrogens with zero attached hydrogens (tertiary/aromatic N) is 3. The molecule has 1 amide bonds. The molecular formula is C17H13F4N5O. The van der Waals surface area contributed by atoms with Gasteiger partial charge >= 0.3 is 6.18 Å². The summed E-state index contributed by atoms with van der Waals surface area (Å²) >= 11 is 0. The highest BCUT2D eigenvalue weighted by Crippen LogP contribution is 2.33. The van der Waals surface area contributed by atoms with E-state index in [4.69, 9.17) is 0 Å². The Kier molecular flexibility index (Phi) is 5.06. The SMILES string of the molecule is O=C(CNc1ccccc1F)Nc1cc(C(F)(F)F)ccc1-n1cncn1. The third-order valence-corrected chi connectivity index (χ3v) is 3.58. The third kappa shape index (κ3) is 4.40. The van der Waals surface area contributed by atoms with Crippen molar-refractivity contribution in [2.45, 2.75) is 6.18 Å². The Hall–Kier alpha value is -3.43. The van der Waals surface area contributed by atoms with Crippen LogP contribution in [0.1, 0.15) is 5.56 Å². The van der Waals surface area contributed by atoms with Crippen LogP contribution in [-0.2, 0) is 11.0 Å². The number of anilines is 2. The molecule has 3 rings (SSSR count). The van der Waals surface area contributed by atoms with E-state index in [0.29, 0.717) is 0 Å². The average molecular weight is 379 g/mol. The summed E-state index contributed by atoms with van der Waals surface area (Å²) in [5.74, 6) is -1.20. The number of para-hydroxylation sites is 1. The van der Waals surface area contributed by atoms with Crippen molar-refractivity contribution in [1.29, 1.82) is 0 Å². The van der Waals surface area contributed by atoms with Crippen molar-refractivity contribution in [3.63, 3.8) is 0 Å². The zero-order chi connectivity index (χ0) is 19.4. The van der Waals surface area contributed by atoms with Crippen LogP contribution in [0.4, 0.5) is 28.9 Å². The lowest BCUT2D eigenvalue weighted by Crippen LogP contribution is -2.23. The van der Waals surface area contributed by atoms with Crippen LogP contribution in [-0.4, -0.2) is 27.2 Å². The number of alkyl halides is 3. The zero-order valence-corrected chi connectivity index (χ0v) is 13.7. The fraction of sp³-hybridized carbons (Fsp3) is 0.118. The Morgan fingerprint density at radius 2 is 1.89 bits per heavy atom. The molecular weight excluding hydrogens is 366 g/mol. The quantitative estimate of drug-likeness (QED) is 0.666. The minimum absolute atomic E-state index is 0.101. The molecule has 0 saturated heterocycles. The average Bonchev–Trinajstić information content (AvgIpc) is 3.14.